The lowest BCUT2D eigenvalue weighted by atomic mass is 10.2. The zero-order valence-corrected chi connectivity index (χ0v) is 12.0. The fourth-order valence-electron chi connectivity index (χ4n) is 2.36. The molecular formula is C16H19NOS. The van der Waals surface area contributed by atoms with Gasteiger partial charge in [-0.1, -0.05) is 18.2 Å². The van der Waals surface area contributed by atoms with Crippen molar-refractivity contribution in [1.29, 1.82) is 0 Å². The molecule has 0 unspecified atom stereocenters. The molecule has 1 fully saturated rings. The Morgan fingerprint density at radius 1 is 1.21 bits per heavy atom. The van der Waals surface area contributed by atoms with Crippen LogP contribution in [0.3, 0.4) is 0 Å². The second kappa shape index (κ2) is 5.76. The average molecular weight is 273 g/mol. The first-order valence-electron chi connectivity index (χ1n) is 6.74. The Hall–Kier alpha value is -1.32. The number of methoxy groups -OCH3 is 1. The molecule has 1 saturated carbocycles. The molecule has 2 nitrogen and oxygen atoms in total. The summed E-state index contributed by atoms with van der Waals surface area (Å²) in [6, 6.07) is 13.5. The van der Waals surface area contributed by atoms with Crippen molar-refractivity contribution in [2.45, 2.75) is 32.0 Å². The van der Waals surface area contributed by atoms with Gasteiger partial charge in [-0.05, 0) is 42.0 Å². The summed E-state index contributed by atoms with van der Waals surface area (Å²) in [5.41, 5.74) is 1.34. The lowest BCUT2D eigenvalue weighted by molar-refractivity contribution is 0.247. The number of rotatable bonds is 6. The van der Waals surface area contributed by atoms with Gasteiger partial charge in [0.1, 0.15) is 5.75 Å². The lowest BCUT2D eigenvalue weighted by Crippen LogP contribution is -2.24. The Kier molecular flexibility index (Phi) is 3.85. The van der Waals surface area contributed by atoms with Gasteiger partial charge in [0.2, 0.25) is 0 Å². The molecule has 0 amide bonds. The number of benzene rings is 1. The molecule has 1 aromatic heterocycles. The third-order valence-corrected chi connectivity index (χ3v) is 4.38. The first-order chi connectivity index (χ1) is 9.35. The average Bonchev–Trinajstić information content (AvgIpc) is 3.17. The number of hydrogen-bond donors (Lipinski definition) is 0. The highest BCUT2D eigenvalue weighted by Gasteiger charge is 2.29. The van der Waals surface area contributed by atoms with Gasteiger partial charge in [-0.15, -0.1) is 11.3 Å². The van der Waals surface area contributed by atoms with E-state index in [1.54, 1.807) is 7.11 Å². The van der Waals surface area contributed by atoms with Gasteiger partial charge in [-0.25, -0.2) is 0 Å². The summed E-state index contributed by atoms with van der Waals surface area (Å²) in [5, 5.41) is 2.16. The molecule has 1 heterocycles. The van der Waals surface area contributed by atoms with Gasteiger partial charge in [0.25, 0.3) is 0 Å². The monoisotopic (exact) mass is 273 g/mol. The van der Waals surface area contributed by atoms with Crippen molar-refractivity contribution in [1.82, 2.24) is 4.90 Å². The maximum atomic E-state index is 5.30. The first kappa shape index (κ1) is 12.7. The fourth-order valence-corrected chi connectivity index (χ4v) is 3.09. The van der Waals surface area contributed by atoms with Crippen LogP contribution in [0, 0.1) is 0 Å². The van der Waals surface area contributed by atoms with Crippen LogP contribution in [0.15, 0.2) is 41.8 Å². The summed E-state index contributed by atoms with van der Waals surface area (Å²) >= 11 is 1.85. The number of ether oxygens (including phenoxy) is 1. The van der Waals surface area contributed by atoms with Crippen molar-refractivity contribution < 1.29 is 4.74 Å². The van der Waals surface area contributed by atoms with E-state index in [2.05, 4.69) is 40.6 Å². The highest BCUT2D eigenvalue weighted by molar-refractivity contribution is 7.09. The minimum Gasteiger partial charge on any atom is -0.497 e. The van der Waals surface area contributed by atoms with E-state index in [4.69, 9.17) is 4.74 Å². The van der Waals surface area contributed by atoms with Crippen molar-refractivity contribution in [2.24, 2.45) is 0 Å². The van der Waals surface area contributed by atoms with E-state index in [9.17, 15) is 0 Å². The van der Waals surface area contributed by atoms with Crippen LogP contribution in [0.5, 0.6) is 5.75 Å². The highest BCUT2D eigenvalue weighted by atomic mass is 32.1. The maximum Gasteiger partial charge on any atom is 0.119 e. The molecule has 19 heavy (non-hydrogen) atoms. The van der Waals surface area contributed by atoms with Crippen LogP contribution in [0.2, 0.25) is 0 Å². The molecule has 0 saturated heterocycles. The molecule has 1 aliphatic rings. The van der Waals surface area contributed by atoms with Gasteiger partial charge in [-0.2, -0.15) is 0 Å². The molecule has 0 spiro atoms. The molecule has 0 aliphatic heterocycles. The van der Waals surface area contributed by atoms with E-state index in [-0.39, 0.29) is 0 Å². The molecule has 2 aromatic rings. The van der Waals surface area contributed by atoms with E-state index in [0.29, 0.717) is 0 Å². The fraction of sp³-hybridized carbons (Fsp3) is 0.375. The van der Waals surface area contributed by atoms with Gasteiger partial charge in [-0.3, -0.25) is 4.90 Å². The Balaban J connectivity index is 1.70. The smallest absolute Gasteiger partial charge is 0.119 e. The lowest BCUT2D eigenvalue weighted by Gasteiger charge is -2.21. The van der Waals surface area contributed by atoms with Crippen molar-refractivity contribution >= 4 is 11.3 Å². The standard InChI is InChI=1S/C16H19NOS/c1-18-15-5-2-4-13(10-15)11-17(14-7-8-14)12-16-6-3-9-19-16/h2-6,9-10,14H,7-8,11-12H2,1H3. The van der Waals surface area contributed by atoms with Crippen molar-refractivity contribution in [3.05, 3.63) is 52.2 Å². The van der Waals surface area contributed by atoms with Crippen molar-refractivity contribution in [2.75, 3.05) is 7.11 Å². The van der Waals surface area contributed by atoms with E-state index < -0.39 is 0 Å². The molecule has 1 aromatic carbocycles. The molecule has 0 N–H and O–H groups in total. The SMILES string of the molecule is COc1cccc(CN(Cc2cccs2)C2CC2)c1. The molecule has 3 heteroatoms. The zero-order chi connectivity index (χ0) is 13.1. The van der Waals surface area contributed by atoms with E-state index >= 15 is 0 Å². The number of thiophene rings is 1. The minimum atomic E-state index is 0.772. The molecule has 1 aliphatic carbocycles. The Labute approximate surface area is 118 Å². The largest absolute Gasteiger partial charge is 0.497 e. The van der Waals surface area contributed by atoms with Crippen molar-refractivity contribution in [3.8, 4) is 5.75 Å². The maximum absolute atomic E-state index is 5.30. The Bertz CT molecular complexity index is 519. The van der Waals surface area contributed by atoms with E-state index in [1.807, 2.05) is 17.4 Å². The quantitative estimate of drug-likeness (QED) is 0.791. The van der Waals surface area contributed by atoms with Crippen LogP contribution in [-0.2, 0) is 13.1 Å². The van der Waals surface area contributed by atoms with E-state index in [0.717, 1.165) is 24.9 Å². The zero-order valence-electron chi connectivity index (χ0n) is 11.2. The highest BCUT2D eigenvalue weighted by Crippen LogP contribution is 2.31. The predicted octanol–water partition coefficient (Wildman–Crippen LogP) is 3.92. The van der Waals surface area contributed by atoms with Gasteiger partial charge in [0.15, 0.2) is 0 Å². The second-order valence-electron chi connectivity index (χ2n) is 5.07. The normalized spacial score (nSPS) is 14.8. The van der Waals surface area contributed by atoms with Crippen LogP contribution >= 0.6 is 11.3 Å². The third kappa shape index (κ3) is 3.37. The van der Waals surface area contributed by atoms with Gasteiger partial charge >= 0.3 is 0 Å². The van der Waals surface area contributed by atoms with Crippen LogP contribution in [0.1, 0.15) is 23.3 Å². The van der Waals surface area contributed by atoms with Crippen molar-refractivity contribution in [3.63, 3.8) is 0 Å². The topological polar surface area (TPSA) is 12.5 Å². The predicted molar refractivity (Wildman–Crippen MR) is 79.6 cm³/mol. The summed E-state index contributed by atoms with van der Waals surface area (Å²) < 4.78 is 5.30. The van der Waals surface area contributed by atoms with Gasteiger partial charge in [0, 0.05) is 24.0 Å². The summed E-state index contributed by atoms with van der Waals surface area (Å²) in [6.07, 6.45) is 2.69. The second-order valence-corrected chi connectivity index (χ2v) is 6.10. The summed E-state index contributed by atoms with van der Waals surface area (Å²) in [4.78, 5) is 4.04. The number of hydrogen-bond acceptors (Lipinski definition) is 3. The molecule has 3 rings (SSSR count). The van der Waals surface area contributed by atoms with Crippen LogP contribution in [-0.4, -0.2) is 18.1 Å². The van der Waals surface area contributed by atoms with Crippen LogP contribution < -0.4 is 4.74 Å². The molecule has 0 atom stereocenters. The number of nitrogens with zero attached hydrogens (tertiary/aromatic N) is 1. The molecule has 100 valence electrons. The molecule has 0 bridgehead atoms. The Morgan fingerprint density at radius 2 is 2.11 bits per heavy atom. The van der Waals surface area contributed by atoms with Crippen LogP contribution in [0.4, 0.5) is 0 Å². The van der Waals surface area contributed by atoms with E-state index in [1.165, 1.54) is 23.3 Å². The summed E-state index contributed by atoms with van der Waals surface area (Å²) in [6.45, 7) is 2.08. The third-order valence-electron chi connectivity index (χ3n) is 3.52. The van der Waals surface area contributed by atoms with Crippen LogP contribution in [0.25, 0.3) is 0 Å². The summed E-state index contributed by atoms with van der Waals surface area (Å²) in [7, 11) is 1.73. The molecule has 0 radical (unpaired) electrons. The molecular weight excluding hydrogens is 254 g/mol. The summed E-state index contributed by atoms with van der Waals surface area (Å²) in [5.74, 6) is 0.948. The van der Waals surface area contributed by atoms with Gasteiger partial charge < -0.3 is 4.74 Å². The Morgan fingerprint density at radius 3 is 2.79 bits per heavy atom. The minimum absolute atomic E-state index is 0.772. The first-order valence-corrected chi connectivity index (χ1v) is 7.62. The van der Waals surface area contributed by atoms with Gasteiger partial charge in [0.05, 0.1) is 7.11 Å².